The van der Waals surface area contributed by atoms with Gasteiger partial charge in [-0.1, -0.05) is 0 Å². The van der Waals surface area contributed by atoms with Gasteiger partial charge in [0.2, 0.25) is 0 Å². The number of methoxy groups -OCH3 is 1. The summed E-state index contributed by atoms with van der Waals surface area (Å²) in [5, 5.41) is 18.8. The average Bonchev–Trinajstić information content (AvgIpc) is 2.75. The first kappa shape index (κ1) is 15.6. The Bertz CT molecular complexity index is 472. The molecular formula is C13H17NO6. The standard InChI is InChI=1S/C13H17NO6/c1-19-12(17)6-7-13(18)20-9-3-2-8-14-10(15)4-5-11(14)16/h4-7,15-16H,2-3,8-9H2,1H3. The highest BCUT2D eigenvalue weighted by Gasteiger charge is 2.05. The zero-order valence-corrected chi connectivity index (χ0v) is 11.1. The van der Waals surface area contributed by atoms with E-state index >= 15 is 0 Å². The maximum absolute atomic E-state index is 11.2. The van der Waals surface area contributed by atoms with Crippen LogP contribution in [0.1, 0.15) is 12.8 Å². The van der Waals surface area contributed by atoms with E-state index in [9.17, 15) is 19.8 Å². The van der Waals surface area contributed by atoms with E-state index in [1.807, 2.05) is 0 Å². The highest BCUT2D eigenvalue weighted by atomic mass is 16.5. The highest BCUT2D eigenvalue weighted by molar-refractivity contribution is 5.91. The number of carbonyl (C=O) groups is 2. The van der Waals surface area contributed by atoms with Crippen molar-refractivity contribution in [3.63, 3.8) is 0 Å². The quantitative estimate of drug-likeness (QED) is 0.439. The van der Waals surface area contributed by atoms with Gasteiger partial charge in [-0.2, -0.15) is 0 Å². The second-order valence-corrected chi connectivity index (χ2v) is 3.93. The lowest BCUT2D eigenvalue weighted by atomic mass is 10.3. The summed E-state index contributed by atoms with van der Waals surface area (Å²) in [6.45, 7) is 0.605. The van der Waals surface area contributed by atoms with Crippen LogP contribution in [0.25, 0.3) is 0 Å². The minimum absolute atomic E-state index is 0.0134. The van der Waals surface area contributed by atoms with Gasteiger partial charge in [-0.15, -0.1) is 0 Å². The topological polar surface area (TPSA) is 98.0 Å². The van der Waals surface area contributed by atoms with Crippen LogP contribution in [0, 0.1) is 0 Å². The number of ether oxygens (including phenoxy) is 2. The van der Waals surface area contributed by atoms with Crippen LogP contribution in [-0.4, -0.2) is 40.4 Å². The Morgan fingerprint density at radius 3 is 2.35 bits per heavy atom. The molecule has 0 fully saturated rings. The number of nitrogens with zero attached hydrogens (tertiary/aromatic N) is 1. The molecular weight excluding hydrogens is 266 g/mol. The van der Waals surface area contributed by atoms with Crippen molar-refractivity contribution < 1.29 is 29.3 Å². The Hall–Kier alpha value is -2.44. The molecule has 1 rings (SSSR count). The van der Waals surface area contributed by atoms with E-state index < -0.39 is 11.9 Å². The van der Waals surface area contributed by atoms with E-state index in [0.717, 1.165) is 12.2 Å². The second kappa shape index (κ2) is 7.88. The van der Waals surface area contributed by atoms with Crippen molar-refractivity contribution in [2.75, 3.05) is 13.7 Å². The van der Waals surface area contributed by atoms with E-state index in [0.29, 0.717) is 19.4 Å². The first-order valence-electron chi connectivity index (χ1n) is 6.05. The van der Waals surface area contributed by atoms with Gasteiger partial charge >= 0.3 is 11.9 Å². The van der Waals surface area contributed by atoms with Gasteiger partial charge in [0.15, 0.2) is 11.8 Å². The van der Waals surface area contributed by atoms with Crippen LogP contribution in [0.2, 0.25) is 0 Å². The van der Waals surface area contributed by atoms with Gasteiger partial charge in [0, 0.05) is 30.8 Å². The molecule has 0 radical (unpaired) electrons. The molecule has 0 saturated carbocycles. The smallest absolute Gasteiger partial charge is 0.331 e. The number of aromatic hydroxyl groups is 2. The molecule has 7 heteroatoms. The van der Waals surface area contributed by atoms with Gasteiger partial charge in [0.25, 0.3) is 0 Å². The van der Waals surface area contributed by atoms with E-state index in [2.05, 4.69) is 4.74 Å². The maximum atomic E-state index is 11.2. The molecule has 0 saturated heterocycles. The summed E-state index contributed by atoms with van der Waals surface area (Å²) in [5.74, 6) is -1.27. The lowest BCUT2D eigenvalue weighted by molar-refractivity contribution is -0.139. The molecule has 20 heavy (non-hydrogen) atoms. The fourth-order valence-electron chi connectivity index (χ4n) is 1.47. The predicted octanol–water partition coefficient (Wildman–Crippen LogP) is 0.952. The largest absolute Gasteiger partial charge is 0.494 e. The van der Waals surface area contributed by atoms with Gasteiger partial charge < -0.3 is 19.7 Å². The lowest BCUT2D eigenvalue weighted by Gasteiger charge is -2.06. The third-order valence-corrected chi connectivity index (χ3v) is 2.51. The molecule has 110 valence electrons. The summed E-state index contributed by atoms with van der Waals surface area (Å²) >= 11 is 0. The van der Waals surface area contributed by atoms with Crippen LogP contribution in [0.3, 0.4) is 0 Å². The van der Waals surface area contributed by atoms with E-state index in [1.54, 1.807) is 0 Å². The number of esters is 2. The number of aromatic nitrogens is 1. The normalized spacial score (nSPS) is 10.7. The molecule has 2 N–H and O–H groups in total. The van der Waals surface area contributed by atoms with Crippen molar-refractivity contribution in [3.05, 3.63) is 24.3 Å². The van der Waals surface area contributed by atoms with Gasteiger partial charge in [-0.25, -0.2) is 9.59 Å². The summed E-state index contributed by atoms with van der Waals surface area (Å²) in [6.07, 6.45) is 3.16. The van der Waals surface area contributed by atoms with Gasteiger partial charge in [0.1, 0.15) is 0 Å². The number of carbonyl (C=O) groups excluding carboxylic acids is 2. The van der Waals surface area contributed by atoms with Crippen LogP contribution >= 0.6 is 0 Å². The SMILES string of the molecule is COC(=O)C=CC(=O)OCCCCn1c(O)ccc1O. The van der Waals surface area contributed by atoms with Gasteiger partial charge in [-0.3, -0.25) is 4.57 Å². The first-order chi connectivity index (χ1) is 9.54. The summed E-state index contributed by atoms with van der Waals surface area (Å²) in [5.41, 5.74) is 0. The number of hydrogen-bond donors (Lipinski definition) is 2. The Balaban J connectivity index is 2.18. The minimum Gasteiger partial charge on any atom is -0.494 e. The average molecular weight is 283 g/mol. The molecule has 1 aromatic rings. The highest BCUT2D eigenvalue weighted by Crippen LogP contribution is 2.21. The van der Waals surface area contributed by atoms with Gasteiger partial charge in [-0.05, 0) is 12.8 Å². The van der Waals surface area contributed by atoms with E-state index in [1.165, 1.54) is 23.8 Å². The van der Waals surface area contributed by atoms with Crippen LogP contribution in [0.4, 0.5) is 0 Å². The molecule has 0 spiro atoms. The van der Waals surface area contributed by atoms with Crippen molar-refractivity contribution in [1.29, 1.82) is 0 Å². The van der Waals surface area contributed by atoms with Crippen LogP contribution in [-0.2, 0) is 25.6 Å². The lowest BCUT2D eigenvalue weighted by Crippen LogP contribution is -2.05. The molecule has 0 amide bonds. The molecule has 0 unspecified atom stereocenters. The fourth-order valence-corrected chi connectivity index (χ4v) is 1.47. The summed E-state index contributed by atoms with van der Waals surface area (Å²) in [4.78, 5) is 21.9. The number of hydrogen-bond acceptors (Lipinski definition) is 6. The third kappa shape index (κ3) is 5.05. The van der Waals surface area contributed by atoms with E-state index in [-0.39, 0.29) is 18.4 Å². The molecule has 0 aromatic carbocycles. The molecule has 0 bridgehead atoms. The third-order valence-electron chi connectivity index (χ3n) is 2.51. The Morgan fingerprint density at radius 1 is 1.15 bits per heavy atom. The van der Waals surface area contributed by atoms with Crippen LogP contribution < -0.4 is 0 Å². The minimum atomic E-state index is -0.625. The molecule has 0 aliphatic heterocycles. The van der Waals surface area contributed by atoms with Gasteiger partial charge in [0.05, 0.1) is 13.7 Å². The predicted molar refractivity (Wildman–Crippen MR) is 69.1 cm³/mol. The molecule has 0 aliphatic rings. The van der Waals surface area contributed by atoms with E-state index in [4.69, 9.17) is 4.74 Å². The Kier molecular flexibility index (Phi) is 6.15. The molecule has 7 nitrogen and oxygen atoms in total. The van der Waals surface area contributed by atoms with Crippen molar-refractivity contribution in [2.45, 2.75) is 19.4 Å². The number of unbranched alkanes of at least 4 members (excludes halogenated alkanes) is 1. The fraction of sp³-hybridized carbons (Fsp3) is 0.385. The summed E-state index contributed by atoms with van der Waals surface area (Å²) in [6, 6.07) is 2.79. The first-order valence-corrected chi connectivity index (χ1v) is 6.05. The number of rotatable bonds is 7. The molecule has 0 aliphatic carbocycles. The van der Waals surface area contributed by atoms with Crippen molar-refractivity contribution in [2.24, 2.45) is 0 Å². The summed E-state index contributed by atoms with van der Waals surface area (Å²) < 4.78 is 10.5. The molecule has 0 atom stereocenters. The van der Waals surface area contributed by atoms with Crippen LogP contribution in [0.15, 0.2) is 24.3 Å². The van der Waals surface area contributed by atoms with Crippen LogP contribution in [0.5, 0.6) is 11.8 Å². The van der Waals surface area contributed by atoms with Crippen molar-refractivity contribution >= 4 is 11.9 Å². The Morgan fingerprint density at radius 2 is 1.75 bits per heavy atom. The molecule has 1 heterocycles. The molecule has 1 aromatic heterocycles. The van der Waals surface area contributed by atoms with Crippen molar-refractivity contribution in [3.8, 4) is 11.8 Å². The Labute approximate surface area is 116 Å². The zero-order chi connectivity index (χ0) is 15.0. The summed E-state index contributed by atoms with van der Waals surface area (Å²) in [7, 11) is 1.21. The van der Waals surface area contributed by atoms with Crippen molar-refractivity contribution in [1.82, 2.24) is 4.57 Å². The zero-order valence-electron chi connectivity index (χ0n) is 11.1. The second-order valence-electron chi connectivity index (χ2n) is 3.93. The monoisotopic (exact) mass is 283 g/mol. The maximum Gasteiger partial charge on any atom is 0.331 e.